The van der Waals surface area contributed by atoms with Crippen molar-refractivity contribution in [1.29, 1.82) is 0 Å². The van der Waals surface area contributed by atoms with Gasteiger partial charge in [-0.1, -0.05) is 42.5 Å². The van der Waals surface area contributed by atoms with Gasteiger partial charge in [0.2, 0.25) is 0 Å². The lowest BCUT2D eigenvalue weighted by Gasteiger charge is -2.12. The zero-order chi connectivity index (χ0) is 16.2. The summed E-state index contributed by atoms with van der Waals surface area (Å²) >= 11 is 0. The molecule has 0 atom stereocenters. The van der Waals surface area contributed by atoms with Gasteiger partial charge in [-0.15, -0.1) is 0 Å². The minimum Gasteiger partial charge on any atom is -0.744 e. The Morgan fingerprint density at radius 1 is 1.14 bits per heavy atom. The van der Waals surface area contributed by atoms with E-state index in [4.69, 9.17) is 4.74 Å². The van der Waals surface area contributed by atoms with Crippen LogP contribution >= 0.6 is 0 Å². The number of hydrogen-bond donors (Lipinski definition) is 0. The third-order valence-electron chi connectivity index (χ3n) is 2.94. The summed E-state index contributed by atoms with van der Waals surface area (Å²) in [6, 6.07) is 12.8. The fourth-order valence-electron chi connectivity index (χ4n) is 1.86. The summed E-state index contributed by atoms with van der Waals surface area (Å²) in [4.78, 5) is 11.5. The molecule has 0 aromatic heterocycles. The average molecular weight is 317 g/mol. The first-order valence-electron chi connectivity index (χ1n) is 6.33. The van der Waals surface area contributed by atoms with Crippen molar-refractivity contribution in [2.24, 2.45) is 0 Å². The van der Waals surface area contributed by atoms with Crippen molar-refractivity contribution in [3.63, 3.8) is 0 Å². The van der Waals surface area contributed by atoms with Crippen LogP contribution in [0.5, 0.6) is 5.75 Å². The maximum absolute atomic E-state index is 11.9. The van der Waals surface area contributed by atoms with E-state index in [-0.39, 0.29) is 11.5 Å². The molecule has 5 nitrogen and oxygen atoms in total. The van der Waals surface area contributed by atoms with Gasteiger partial charge >= 0.3 is 0 Å². The molecule has 0 amide bonds. The highest BCUT2D eigenvalue weighted by molar-refractivity contribution is 7.85. The van der Waals surface area contributed by atoms with Crippen molar-refractivity contribution in [3.05, 3.63) is 65.7 Å². The first-order chi connectivity index (χ1) is 10.4. The van der Waals surface area contributed by atoms with E-state index < -0.39 is 15.0 Å². The molecule has 6 heteroatoms. The van der Waals surface area contributed by atoms with E-state index in [1.807, 2.05) is 0 Å². The molecular weight excluding hydrogens is 304 g/mol. The Labute approximate surface area is 128 Å². The van der Waals surface area contributed by atoms with E-state index in [1.54, 1.807) is 36.4 Å². The SMILES string of the molecule is COc1ccc(/C=C/C(=O)c2ccccc2)cc1S(=O)(=O)[O-]. The lowest BCUT2D eigenvalue weighted by Crippen LogP contribution is -2.02. The fourth-order valence-corrected chi connectivity index (χ4v) is 2.54. The topological polar surface area (TPSA) is 83.5 Å². The van der Waals surface area contributed by atoms with Crippen LogP contribution in [0.3, 0.4) is 0 Å². The lowest BCUT2D eigenvalue weighted by molar-refractivity contribution is 0.104. The number of hydrogen-bond acceptors (Lipinski definition) is 5. The summed E-state index contributed by atoms with van der Waals surface area (Å²) in [5.41, 5.74) is 0.934. The maximum atomic E-state index is 11.9. The largest absolute Gasteiger partial charge is 0.744 e. The van der Waals surface area contributed by atoms with Crippen LogP contribution in [0.25, 0.3) is 6.08 Å². The van der Waals surface area contributed by atoms with Crippen molar-refractivity contribution in [2.45, 2.75) is 4.90 Å². The summed E-state index contributed by atoms with van der Waals surface area (Å²) in [5, 5.41) is 0. The van der Waals surface area contributed by atoms with Crippen LogP contribution < -0.4 is 4.74 Å². The molecule has 0 fully saturated rings. The second-order valence-electron chi connectivity index (χ2n) is 4.43. The molecule has 22 heavy (non-hydrogen) atoms. The first kappa shape index (κ1) is 15.9. The number of ketones is 1. The molecule has 114 valence electrons. The summed E-state index contributed by atoms with van der Waals surface area (Å²) in [6.45, 7) is 0. The zero-order valence-electron chi connectivity index (χ0n) is 11.7. The lowest BCUT2D eigenvalue weighted by atomic mass is 10.1. The first-order valence-corrected chi connectivity index (χ1v) is 7.74. The van der Waals surface area contributed by atoms with Gasteiger partial charge in [-0.2, -0.15) is 0 Å². The zero-order valence-corrected chi connectivity index (χ0v) is 12.5. The third-order valence-corrected chi connectivity index (χ3v) is 3.80. The van der Waals surface area contributed by atoms with Gasteiger partial charge in [0.05, 0.1) is 12.0 Å². The summed E-state index contributed by atoms with van der Waals surface area (Å²) in [7, 11) is -3.38. The monoisotopic (exact) mass is 317 g/mol. The van der Waals surface area contributed by atoms with Crippen LogP contribution in [0.4, 0.5) is 0 Å². The Kier molecular flexibility index (Phi) is 4.75. The highest BCUT2D eigenvalue weighted by Crippen LogP contribution is 2.25. The number of carbonyl (C=O) groups excluding carboxylic acids is 1. The number of carbonyl (C=O) groups is 1. The number of ether oxygens (including phenoxy) is 1. The highest BCUT2D eigenvalue weighted by atomic mass is 32.2. The quantitative estimate of drug-likeness (QED) is 0.480. The Hall–Kier alpha value is -2.44. The number of benzene rings is 2. The second kappa shape index (κ2) is 6.55. The van der Waals surface area contributed by atoms with Crippen molar-refractivity contribution >= 4 is 22.0 Å². The minimum absolute atomic E-state index is 0.0264. The Morgan fingerprint density at radius 2 is 1.82 bits per heavy atom. The standard InChI is InChI=1S/C16H14O5S/c1-21-15-10-8-12(11-16(15)22(18,19)20)7-9-14(17)13-5-3-2-4-6-13/h2-11H,1H3,(H,18,19,20)/p-1/b9-7+. The number of methoxy groups -OCH3 is 1. The molecule has 0 radical (unpaired) electrons. The Bertz CT molecular complexity index is 808. The van der Waals surface area contributed by atoms with E-state index >= 15 is 0 Å². The van der Waals surface area contributed by atoms with Crippen molar-refractivity contribution in [2.75, 3.05) is 7.11 Å². The second-order valence-corrected chi connectivity index (χ2v) is 5.78. The molecule has 0 heterocycles. The highest BCUT2D eigenvalue weighted by Gasteiger charge is 2.10. The van der Waals surface area contributed by atoms with Gasteiger partial charge in [-0.3, -0.25) is 4.79 Å². The molecule has 0 aliphatic carbocycles. The minimum atomic E-state index is -4.65. The van der Waals surface area contributed by atoms with Gasteiger partial charge in [0.1, 0.15) is 15.9 Å². The molecular formula is C16H13O5S-. The van der Waals surface area contributed by atoms with Gasteiger partial charge in [0.25, 0.3) is 0 Å². The molecule has 2 aromatic carbocycles. The normalized spacial score (nSPS) is 11.5. The van der Waals surface area contributed by atoms with Crippen LogP contribution in [-0.2, 0) is 10.1 Å². The van der Waals surface area contributed by atoms with E-state index in [9.17, 15) is 17.8 Å². The Balaban J connectivity index is 2.31. The molecule has 0 aliphatic rings. The number of allylic oxidation sites excluding steroid dienone is 1. The van der Waals surface area contributed by atoms with Gasteiger partial charge in [-0.05, 0) is 23.8 Å². The van der Waals surface area contributed by atoms with Crippen molar-refractivity contribution in [3.8, 4) is 5.75 Å². The van der Waals surface area contributed by atoms with Crippen LogP contribution in [-0.4, -0.2) is 25.9 Å². The number of rotatable bonds is 5. The van der Waals surface area contributed by atoms with Crippen LogP contribution in [0.2, 0.25) is 0 Å². The molecule has 0 saturated carbocycles. The smallest absolute Gasteiger partial charge is 0.185 e. The average Bonchev–Trinajstić information content (AvgIpc) is 2.52. The van der Waals surface area contributed by atoms with E-state index in [0.29, 0.717) is 11.1 Å². The summed E-state index contributed by atoms with van der Waals surface area (Å²) < 4.78 is 38.4. The van der Waals surface area contributed by atoms with Gasteiger partial charge in [0.15, 0.2) is 5.78 Å². The molecule has 0 bridgehead atoms. The fraction of sp³-hybridized carbons (Fsp3) is 0.0625. The van der Waals surface area contributed by atoms with E-state index in [0.717, 1.165) is 0 Å². The summed E-state index contributed by atoms with van der Waals surface area (Å²) in [5.74, 6) is -0.246. The van der Waals surface area contributed by atoms with Crippen LogP contribution in [0, 0.1) is 0 Å². The molecule has 0 N–H and O–H groups in total. The molecule has 2 aromatic rings. The van der Waals surface area contributed by atoms with E-state index in [1.165, 1.54) is 31.4 Å². The predicted octanol–water partition coefficient (Wildman–Crippen LogP) is 2.50. The molecule has 0 saturated heterocycles. The van der Waals surface area contributed by atoms with Crippen molar-refractivity contribution < 1.29 is 22.5 Å². The maximum Gasteiger partial charge on any atom is 0.185 e. The third kappa shape index (κ3) is 3.81. The van der Waals surface area contributed by atoms with Gasteiger partial charge < -0.3 is 9.29 Å². The van der Waals surface area contributed by atoms with Crippen molar-refractivity contribution in [1.82, 2.24) is 0 Å². The van der Waals surface area contributed by atoms with E-state index in [2.05, 4.69) is 0 Å². The van der Waals surface area contributed by atoms with Gasteiger partial charge in [-0.25, -0.2) is 8.42 Å². The van der Waals surface area contributed by atoms with Crippen LogP contribution in [0.15, 0.2) is 59.5 Å². The molecule has 2 rings (SSSR count). The van der Waals surface area contributed by atoms with Crippen LogP contribution in [0.1, 0.15) is 15.9 Å². The predicted molar refractivity (Wildman–Crippen MR) is 80.8 cm³/mol. The molecule has 0 spiro atoms. The summed E-state index contributed by atoms with van der Waals surface area (Å²) in [6.07, 6.45) is 2.77. The Morgan fingerprint density at radius 3 is 2.41 bits per heavy atom. The molecule has 0 aliphatic heterocycles. The van der Waals surface area contributed by atoms with Gasteiger partial charge in [0, 0.05) is 5.56 Å². The molecule has 0 unspecified atom stereocenters.